The molecule has 4 rings (SSSR count). The number of hydrogen-bond donors (Lipinski definition) is 0. The van der Waals surface area contributed by atoms with Crippen LogP contribution in [0.3, 0.4) is 0 Å². The Labute approximate surface area is 117 Å². The Kier molecular flexibility index (Phi) is 2.55. The summed E-state index contributed by atoms with van der Waals surface area (Å²) in [6.45, 7) is 0. The van der Waals surface area contributed by atoms with Gasteiger partial charge in [-0.15, -0.1) is 0 Å². The monoisotopic (exact) mass is 309 g/mol. The van der Waals surface area contributed by atoms with E-state index in [-0.39, 0.29) is 0 Å². The van der Waals surface area contributed by atoms with Crippen LogP contribution in [0.4, 0.5) is 0 Å². The van der Waals surface area contributed by atoms with Crippen molar-refractivity contribution in [3.63, 3.8) is 0 Å². The predicted molar refractivity (Wildman–Crippen MR) is 83.0 cm³/mol. The van der Waals surface area contributed by atoms with Crippen LogP contribution >= 0.6 is 0 Å². The Hall–Kier alpha value is -1.82. The van der Waals surface area contributed by atoms with Crippen molar-refractivity contribution in [3.05, 3.63) is 78.9 Å². The number of benzene rings is 3. The summed E-state index contributed by atoms with van der Waals surface area (Å²) in [7, 11) is 0. The average Bonchev–Trinajstić information content (AvgIpc) is 2.83. The van der Waals surface area contributed by atoms with E-state index in [1.54, 1.807) is 8.92 Å². The van der Waals surface area contributed by atoms with Crippen LogP contribution in [0.25, 0.3) is 11.1 Å². The molecule has 0 spiro atoms. The van der Waals surface area contributed by atoms with Crippen LogP contribution in [-0.4, -0.2) is 13.9 Å². The van der Waals surface area contributed by atoms with Crippen LogP contribution < -0.4 is 13.4 Å². The van der Waals surface area contributed by atoms with Gasteiger partial charge in [-0.2, -0.15) is 0 Å². The topological polar surface area (TPSA) is 0 Å². The fourth-order valence-electron chi connectivity index (χ4n) is 2.66. The first-order chi connectivity index (χ1) is 9.45. The summed E-state index contributed by atoms with van der Waals surface area (Å²) in [5.41, 5.74) is 2.87. The molecule has 1 heteroatoms. The van der Waals surface area contributed by atoms with Crippen LogP contribution in [0.1, 0.15) is 0 Å². The maximum atomic E-state index is 2.31. The predicted octanol–water partition coefficient (Wildman–Crippen LogP) is 2.18. The Bertz CT molecular complexity index is 686. The second-order valence-corrected chi connectivity index (χ2v) is 8.73. The van der Waals surface area contributed by atoms with Crippen LogP contribution in [0, 0.1) is 0 Å². The van der Waals surface area contributed by atoms with Gasteiger partial charge in [0.2, 0.25) is 0 Å². The molecule has 0 nitrogen and oxygen atoms in total. The summed E-state index contributed by atoms with van der Waals surface area (Å²) in [6.07, 6.45) is 0. The van der Waals surface area contributed by atoms with Crippen LogP contribution in [-0.2, 0) is 0 Å². The fourth-order valence-corrected chi connectivity index (χ4v) is 7.70. The maximum absolute atomic E-state index is 2.31. The first kappa shape index (κ1) is 11.0. The van der Waals surface area contributed by atoms with Gasteiger partial charge < -0.3 is 0 Å². The Morgan fingerprint density at radius 1 is 0.474 bits per heavy atom. The summed E-state index contributed by atoms with van der Waals surface area (Å²) in [6, 6.07) is 28.8. The molecule has 0 atom stereocenters. The van der Waals surface area contributed by atoms with Gasteiger partial charge in [0.1, 0.15) is 0 Å². The quantitative estimate of drug-likeness (QED) is 0.473. The van der Waals surface area contributed by atoms with E-state index in [2.05, 4.69) is 78.9 Å². The zero-order valence-electron chi connectivity index (χ0n) is 10.4. The fraction of sp³-hybridized carbons (Fsp3) is 0. The van der Waals surface area contributed by atoms with Gasteiger partial charge in [-0.1, -0.05) is 0 Å². The molecule has 1 aliphatic rings. The second-order valence-electron chi connectivity index (χ2n) is 4.61. The molecule has 91 valence electrons. The Morgan fingerprint density at radius 2 is 0.947 bits per heavy atom. The zero-order chi connectivity index (χ0) is 12.7. The van der Waals surface area contributed by atoms with E-state index in [0.717, 1.165) is 0 Å². The molecule has 1 aliphatic heterocycles. The minimum atomic E-state index is -1.07. The van der Waals surface area contributed by atoms with Gasteiger partial charge >= 0.3 is 117 Å². The molecule has 0 bridgehead atoms. The van der Waals surface area contributed by atoms with Gasteiger partial charge in [0.05, 0.1) is 0 Å². The second kappa shape index (κ2) is 4.38. The minimum absolute atomic E-state index is 1.07. The van der Waals surface area contributed by atoms with Crippen LogP contribution in [0.5, 0.6) is 0 Å². The number of hydrogen-bond acceptors (Lipinski definition) is 0. The van der Waals surface area contributed by atoms with Crippen molar-refractivity contribution >= 4 is 27.3 Å². The van der Waals surface area contributed by atoms with Gasteiger partial charge in [-0.25, -0.2) is 0 Å². The molecule has 0 fully saturated rings. The molecule has 19 heavy (non-hydrogen) atoms. The number of fused-ring (bicyclic) bond motifs is 3. The standard InChI is InChI=1S/C18H13Se/c1-2-8-14(9-3-1)19-17-12-6-4-10-15(17)16-11-5-7-13-18(16)19/h1-13H. The molecule has 0 amide bonds. The summed E-state index contributed by atoms with van der Waals surface area (Å²) in [5, 5.41) is 0. The third-order valence-corrected chi connectivity index (χ3v) is 8.38. The van der Waals surface area contributed by atoms with Gasteiger partial charge in [-0.05, 0) is 0 Å². The molecular weight excluding hydrogens is 295 g/mol. The van der Waals surface area contributed by atoms with Crippen molar-refractivity contribution in [2.45, 2.75) is 0 Å². The van der Waals surface area contributed by atoms with Crippen molar-refractivity contribution in [2.75, 3.05) is 0 Å². The molecule has 1 heterocycles. The van der Waals surface area contributed by atoms with E-state index in [1.807, 2.05) is 0 Å². The molecular formula is C18H13Se. The van der Waals surface area contributed by atoms with Gasteiger partial charge in [-0.3, -0.25) is 0 Å². The molecule has 0 N–H and O–H groups in total. The molecule has 3 aromatic rings. The van der Waals surface area contributed by atoms with Crippen LogP contribution in [0.2, 0.25) is 0 Å². The van der Waals surface area contributed by atoms with E-state index in [0.29, 0.717) is 0 Å². The number of rotatable bonds is 1. The summed E-state index contributed by atoms with van der Waals surface area (Å²) < 4.78 is 4.60. The van der Waals surface area contributed by atoms with Crippen molar-refractivity contribution in [2.24, 2.45) is 0 Å². The molecule has 0 aromatic heterocycles. The molecule has 0 unspecified atom stereocenters. The molecule has 0 saturated heterocycles. The van der Waals surface area contributed by atoms with Crippen molar-refractivity contribution in [1.82, 2.24) is 0 Å². The Balaban J connectivity index is 2.02. The third kappa shape index (κ3) is 1.67. The third-order valence-electron chi connectivity index (χ3n) is 3.48. The first-order valence-electron chi connectivity index (χ1n) is 6.43. The van der Waals surface area contributed by atoms with Crippen molar-refractivity contribution in [3.8, 4) is 11.1 Å². The summed E-state index contributed by atoms with van der Waals surface area (Å²) >= 11 is -1.07. The van der Waals surface area contributed by atoms with E-state index in [4.69, 9.17) is 0 Å². The van der Waals surface area contributed by atoms with E-state index in [9.17, 15) is 0 Å². The van der Waals surface area contributed by atoms with Gasteiger partial charge in [0.15, 0.2) is 0 Å². The molecule has 0 aliphatic carbocycles. The van der Waals surface area contributed by atoms with E-state index < -0.39 is 13.9 Å². The van der Waals surface area contributed by atoms with Gasteiger partial charge in [0.25, 0.3) is 0 Å². The first-order valence-corrected chi connectivity index (χ1v) is 9.00. The van der Waals surface area contributed by atoms with Crippen LogP contribution in [0.15, 0.2) is 78.9 Å². The summed E-state index contributed by atoms with van der Waals surface area (Å²) in [5.74, 6) is 0. The zero-order valence-corrected chi connectivity index (χ0v) is 12.1. The molecule has 3 aromatic carbocycles. The molecule has 1 radical (unpaired) electrons. The average molecular weight is 308 g/mol. The molecule has 0 saturated carbocycles. The van der Waals surface area contributed by atoms with Crippen molar-refractivity contribution in [1.29, 1.82) is 0 Å². The normalized spacial score (nSPS) is 13.1. The Morgan fingerprint density at radius 3 is 1.53 bits per heavy atom. The van der Waals surface area contributed by atoms with Gasteiger partial charge in [0, 0.05) is 0 Å². The van der Waals surface area contributed by atoms with E-state index in [1.165, 1.54) is 15.6 Å². The van der Waals surface area contributed by atoms with E-state index >= 15 is 0 Å². The van der Waals surface area contributed by atoms with Crippen molar-refractivity contribution < 1.29 is 0 Å². The summed E-state index contributed by atoms with van der Waals surface area (Å²) in [4.78, 5) is 0. The SMILES string of the molecule is c1ccc([Se]2c3ccccc3-c3ccccc32)cc1.